The van der Waals surface area contributed by atoms with Crippen molar-refractivity contribution in [1.29, 1.82) is 0 Å². The molecule has 0 aliphatic rings. The number of hydrogen-bond donors (Lipinski definition) is 1. The lowest BCUT2D eigenvalue weighted by molar-refractivity contribution is -0.139. The summed E-state index contributed by atoms with van der Waals surface area (Å²) in [6.07, 6.45) is 1.67. The van der Waals surface area contributed by atoms with Crippen LogP contribution in [0.3, 0.4) is 0 Å². The number of sulfonamides is 1. The zero-order chi connectivity index (χ0) is 27.9. The fourth-order valence-corrected chi connectivity index (χ4v) is 4.85. The summed E-state index contributed by atoms with van der Waals surface area (Å²) < 4.78 is 37.2. The molecule has 0 spiro atoms. The monoisotopic (exact) mass is 573 g/mol. The van der Waals surface area contributed by atoms with Crippen molar-refractivity contribution >= 4 is 50.7 Å². The summed E-state index contributed by atoms with van der Waals surface area (Å²) in [5.74, 6) is -0.436. The van der Waals surface area contributed by atoms with Gasteiger partial charge in [0.25, 0.3) is 0 Å². The Morgan fingerprint density at radius 2 is 1.68 bits per heavy atom. The Morgan fingerprint density at radius 3 is 2.19 bits per heavy atom. The third-order valence-electron chi connectivity index (χ3n) is 5.89. The van der Waals surface area contributed by atoms with Crippen LogP contribution in [0.1, 0.15) is 32.8 Å². The molecule has 0 saturated heterocycles. The van der Waals surface area contributed by atoms with Gasteiger partial charge in [-0.15, -0.1) is 0 Å². The Kier molecular flexibility index (Phi) is 10.9. The molecule has 2 unspecified atom stereocenters. The maximum atomic E-state index is 13.7. The molecular formula is C25H33Cl2N3O6S. The number of halogens is 2. The third kappa shape index (κ3) is 7.90. The fourth-order valence-electron chi connectivity index (χ4n) is 3.49. The highest BCUT2D eigenvalue weighted by molar-refractivity contribution is 7.92. The summed E-state index contributed by atoms with van der Waals surface area (Å²) in [5.41, 5.74) is 0.553. The summed E-state index contributed by atoms with van der Waals surface area (Å²) >= 11 is 12.7. The van der Waals surface area contributed by atoms with Gasteiger partial charge in [0.15, 0.2) is 0 Å². The molecule has 2 amide bonds. The first-order chi connectivity index (χ1) is 17.3. The number of nitrogens with zero attached hydrogens (tertiary/aromatic N) is 2. The van der Waals surface area contributed by atoms with Crippen LogP contribution in [0.5, 0.6) is 11.5 Å². The van der Waals surface area contributed by atoms with Gasteiger partial charge in [0.2, 0.25) is 21.8 Å². The maximum Gasteiger partial charge on any atom is 0.244 e. The standard InChI is InChI=1S/C25H33Cl2N3O6S/c1-7-16(2)28-25(32)17(3)29(14-19-20(26)9-8-10-21(19)27)24(31)15-30(37(6,33)34)22-13-18(35-4)11-12-23(22)36-5/h8-13,16-17H,7,14-15H2,1-6H3,(H,28,32). The molecular weight excluding hydrogens is 541 g/mol. The van der Waals surface area contributed by atoms with E-state index >= 15 is 0 Å². The first-order valence-electron chi connectivity index (χ1n) is 11.6. The van der Waals surface area contributed by atoms with Crippen molar-refractivity contribution in [2.24, 2.45) is 0 Å². The van der Waals surface area contributed by atoms with Gasteiger partial charge < -0.3 is 19.7 Å². The first kappa shape index (κ1) is 30.5. The lowest BCUT2D eigenvalue weighted by Crippen LogP contribution is -2.52. The first-order valence-corrected chi connectivity index (χ1v) is 14.2. The minimum absolute atomic E-state index is 0.112. The average Bonchev–Trinajstić information content (AvgIpc) is 2.85. The molecule has 1 N–H and O–H groups in total. The highest BCUT2D eigenvalue weighted by atomic mass is 35.5. The van der Waals surface area contributed by atoms with E-state index in [1.807, 2.05) is 13.8 Å². The molecule has 9 nitrogen and oxygen atoms in total. The summed E-state index contributed by atoms with van der Waals surface area (Å²) in [7, 11) is -1.14. The molecule has 2 atom stereocenters. The number of methoxy groups -OCH3 is 2. The maximum absolute atomic E-state index is 13.7. The molecule has 37 heavy (non-hydrogen) atoms. The van der Waals surface area contributed by atoms with Crippen molar-refractivity contribution in [2.75, 3.05) is 31.3 Å². The normalized spacial score (nSPS) is 12.9. The van der Waals surface area contributed by atoms with E-state index in [1.165, 1.54) is 25.2 Å². The Labute approximate surface area is 228 Å². The molecule has 0 heterocycles. The number of amides is 2. The average molecular weight is 575 g/mol. The van der Waals surface area contributed by atoms with Gasteiger partial charge in [-0.25, -0.2) is 8.42 Å². The van der Waals surface area contributed by atoms with Gasteiger partial charge in [-0.3, -0.25) is 13.9 Å². The minimum Gasteiger partial charge on any atom is -0.497 e. The van der Waals surface area contributed by atoms with Gasteiger partial charge in [0, 0.05) is 34.3 Å². The predicted octanol–water partition coefficient (Wildman–Crippen LogP) is 4.11. The molecule has 2 rings (SSSR count). The van der Waals surface area contributed by atoms with Crippen LogP contribution in [0.25, 0.3) is 0 Å². The van der Waals surface area contributed by atoms with E-state index in [-0.39, 0.29) is 24.0 Å². The molecule has 2 aromatic carbocycles. The molecule has 204 valence electrons. The number of nitrogens with one attached hydrogen (secondary N) is 1. The fraction of sp³-hybridized carbons (Fsp3) is 0.440. The smallest absolute Gasteiger partial charge is 0.244 e. The van der Waals surface area contributed by atoms with Crippen LogP contribution in [-0.4, -0.2) is 64.2 Å². The zero-order valence-corrected chi connectivity index (χ0v) is 24.1. The summed E-state index contributed by atoms with van der Waals surface area (Å²) in [6.45, 7) is 4.62. The molecule has 0 aliphatic heterocycles. The topological polar surface area (TPSA) is 105 Å². The lowest BCUT2D eigenvalue weighted by Gasteiger charge is -2.32. The van der Waals surface area contributed by atoms with Crippen molar-refractivity contribution in [2.45, 2.75) is 45.8 Å². The molecule has 0 aliphatic carbocycles. The van der Waals surface area contributed by atoms with Crippen LogP contribution in [0.4, 0.5) is 5.69 Å². The number of carbonyl (C=O) groups is 2. The summed E-state index contributed by atoms with van der Waals surface area (Å²) in [5, 5.41) is 3.49. The van der Waals surface area contributed by atoms with Crippen molar-refractivity contribution in [3.63, 3.8) is 0 Å². The van der Waals surface area contributed by atoms with Gasteiger partial charge in [-0.05, 0) is 44.5 Å². The molecule has 0 aromatic heterocycles. The number of carbonyl (C=O) groups excluding carboxylic acids is 2. The van der Waals surface area contributed by atoms with Crippen LogP contribution >= 0.6 is 23.2 Å². The van der Waals surface area contributed by atoms with Gasteiger partial charge >= 0.3 is 0 Å². The molecule has 2 aromatic rings. The largest absolute Gasteiger partial charge is 0.497 e. The van der Waals surface area contributed by atoms with Gasteiger partial charge in [-0.1, -0.05) is 36.2 Å². The van der Waals surface area contributed by atoms with Crippen LogP contribution in [0.2, 0.25) is 10.0 Å². The van der Waals surface area contributed by atoms with E-state index in [1.54, 1.807) is 37.3 Å². The van der Waals surface area contributed by atoms with E-state index < -0.39 is 34.4 Å². The quantitative estimate of drug-likeness (QED) is 0.409. The molecule has 0 radical (unpaired) electrons. The van der Waals surface area contributed by atoms with E-state index in [0.29, 0.717) is 27.8 Å². The highest BCUT2D eigenvalue weighted by Gasteiger charge is 2.32. The second-order valence-electron chi connectivity index (χ2n) is 8.52. The molecule has 0 fully saturated rings. The Morgan fingerprint density at radius 1 is 1.05 bits per heavy atom. The van der Waals surface area contributed by atoms with Crippen molar-refractivity contribution in [3.8, 4) is 11.5 Å². The van der Waals surface area contributed by atoms with Crippen LogP contribution in [0.15, 0.2) is 36.4 Å². The van der Waals surface area contributed by atoms with Gasteiger partial charge in [0.1, 0.15) is 24.1 Å². The Balaban J connectivity index is 2.54. The predicted molar refractivity (Wildman–Crippen MR) is 146 cm³/mol. The number of hydrogen-bond acceptors (Lipinski definition) is 6. The van der Waals surface area contributed by atoms with Crippen molar-refractivity contribution in [1.82, 2.24) is 10.2 Å². The highest BCUT2D eigenvalue weighted by Crippen LogP contribution is 2.34. The van der Waals surface area contributed by atoms with E-state index in [9.17, 15) is 18.0 Å². The van der Waals surface area contributed by atoms with Crippen LogP contribution in [0, 0.1) is 0 Å². The minimum atomic E-state index is -3.96. The van der Waals surface area contributed by atoms with E-state index in [4.69, 9.17) is 32.7 Å². The lowest BCUT2D eigenvalue weighted by atomic mass is 10.1. The Hall–Kier alpha value is -2.69. The van der Waals surface area contributed by atoms with Crippen LogP contribution in [-0.2, 0) is 26.2 Å². The zero-order valence-electron chi connectivity index (χ0n) is 21.7. The number of anilines is 1. The van der Waals surface area contributed by atoms with Crippen LogP contribution < -0.4 is 19.1 Å². The summed E-state index contributed by atoms with van der Waals surface area (Å²) in [4.78, 5) is 28.0. The number of ether oxygens (including phenoxy) is 2. The molecule has 0 bridgehead atoms. The van der Waals surface area contributed by atoms with E-state index in [0.717, 1.165) is 10.6 Å². The second-order valence-corrected chi connectivity index (χ2v) is 11.2. The van der Waals surface area contributed by atoms with Crippen molar-refractivity contribution in [3.05, 3.63) is 52.0 Å². The van der Waals surface area contributed by atoms with E-state index in [2.05, 4.69) is 5.32 Å². The number of benzene rings is 2. The molecule has 12 heteroatoms. The van der Waals surface area contributed by atoms with Gasteiger partial charge in [0.05, 0.1) is 26.2 Å². The van der Waals surface area contributed by atoms with Crippen molar-refractivity contribution < 1.29 is 27.5 Å². The SMILES string of the molecule is CCC(C)NC(=O)C(C)N(Cc1c(Cl)cccc1Cl)C(=O)CN(c1cc(OC)ccc1OC)S(C)(=O)=O. The summed E-state index contributed by atoms with van der Waals surface area (Å²) in [6, 6.07) is 8.45. The Bertz CT molecular complexity index is 1200. The van der Waals surface area contributed by atoms with Gasteiger partial charge in [-0.2, -0.15) is 0 Å². The number of rotatable bonds is 12. The third-order valence-corrected chi connectivity index (χ3v) is 7.73. The second kappa shape index (κ2) is 13.2. The molecule has 0 saturated carbocycles.